The molecule has 0 aliphatic heterocycles. The summed E-state index contributed by atoms with van der Waals surface area (Å²) in [5, 5.41) is 1.12. The summed E-state index contributed by atoms with van der Waals surface area (Å²) >= 11 is 13.3. The van der Waals surface area contributed by atoms with Crippen LogP contribution in [0.15, 0.2) is 53.6 Å². The predicted octanol–water partition coefficient (Wildman–Crippen LogP) is 7.15. The van der Waals surface area contributed by atoms with Crippen LogP contribution in [-0.4, -0.2) is 4.98 Å². The second kappa shape index (κ2) is 6.75. The maximum absolute atomic E-state index is 12.6. The Morgan fingerprint density at radius 1 is 0.630 bits per heavy atom. The minimum Gasteiger partial charge on any atom is -0.288 e. The van der Waals surface area contributed by atoms with Gasteiger partial charge in [0.1, 0.15) is 0 Å². The Bertz CT molecular complexity index is 1350. The third kappa shape index (κ3) is 3.10. The lowest BCUT2D eigenvalue weighted by atomic mass is 10.3. The van der Waals surface area contributed by atoms with Crippen molar-refractivity contribution in [3.05, 3.63) is 64.7 Å². The zero-order valence-electron chi connectivity index (χ0n) is 13.2. The number of H-pyrrole nitrogens is 1. The van der Waals surface area contributed by atoms with Gasteiger partial charge in [0.25, 0.3) is 11.1 Å². The van der Waals surface area contributed by atoms with E-state index in [1.165, 1.54) is 0 Å². The molecule has 27 heavy (non-hydrogen) atoms. The molecule has 0 aliphatic carbocycles. The molecule has 0 amide bonds. The Hall–Kier alpha value is -1.10. The number of fused-ring (bicyclic) bond motifs is 3. The largest absolute Gasteiger partial charge is 0.288 e. The van der Waals surface area contributed by atoms with Crippen LogP contribution in [0.3, 0.4) is 0 Å². The summed E-state index contributed by atoms with van der Waals surface area (Å²) in [6, 6.07) is 11.8. The minimum atomic E-state index is -0.336. The Morgan fingerprint density at radius 3 is 1.44 bits per heavy atom. The van der Waals surface area contributed by atoms with Gasteiger partial charge in [-0.1, -0.05) is 0 Å². The van der Waals surface area contributed by atoms with E-state index in [0.29, 0.717) is 10.8 Å². The normalized spacial score (nSPS) is 11.6. The molecule has 0 saturated carbocycles. The highest BCUT2D eigenvalue weighted by Crippen LogP contribution is 2.43. The van der Waals surface area contributed by atoms with Crippen LogP contribution < -0.4 is 11.1 Å². The van der Waals surface area contributed by atoms with Crippen LogP contribution in [0.1, 0.15) is 0 Å². The summed E-state index contributed by atoms with van der Waals surface area (Å²) in [5.41, 5.74) is -0.672. The molecule has 0 atom stereocenters. The van der Waals surface area contributed by atoms with Gasteiger partial charge in [0.2, 0.25) is 0 Å². The highest BCUT2D eigenvalue weighted by Gasteiger charge is 2.16. The molecule has 0 fully saturated rings. The van der Waals surface area contributed by atoms with Crippen LogP contribution in [0.4, 0.5) is 0 Å². The van der Waals surface area contributed by atoms with E-state index in [-0.39, 0.29) is 11.1 Å². The fraction of sp³-hybridized carbons (Fsp3) is 0. The summed E-state index contributed by atoms with van der Waals surface area (Å²) in [5.74, 6) is 0. The topological polar surface area (TPSA) is 49.9 Å². The standard InChI is InChI=1S/C18H7Br2NO2S4/c19-13-3-1-9(24-13)11-5-7-15(26-11)16-8(18(23)21-17(7)22)6-12(27-16)10-2-4-14(20)25-10/h1-6H,(H,21,22,23). The first kappa shape index (κ1) is 18.0. The van der Waals surface area contributed by atoms with Crippen molar-refractivity contribution in [2.75, 3.05) is 0 Å². The average molecular weight is 557 g/mol. The van der Waals surface area contributed by atoms with E-state index in [1.807, 2.05) is 36.4 Å². The average Bonchev–Trinajstić information content (AvgIpc) is 3.37. The number of hydrogen-bond donors (Lipinski definition) is 1. The molecule has 5 aromatic rings. The van der Waals surface area contributed by atoms with Gasteiger partial charge >= 0.3 is 0 Å². The molecule has 0 unspecified atom stereocenters. The fourth-order valence-electron chi connectivity index (χ4n) is 2.83. The smallest absolute Gasteiger partial charge is 0.259 e. The van der Waals surface area contributed by atoms with E-state index in [9.17, 15) is 9.59 Å². The molecule has 9 heteroatoms. The molecular formula is C18H7Br2NO2S4. The van der Waals surface area contributed by atoms with Crippen molar-refractivity contribution in [1.82, 2.24) is 4.98 Å². The van der Waals surface area contributed by atoms with E-state index < -0.39 is 0 Å². The van der Waals surface area contributed by atoms with Gasteiger partial charge < -0.3 is 0 Å². The highest BCUT2D eigenvalue weighted by atomic mass is 79.9. The van der Waals surface area contributed by atoms with Crippen LogP contribution in [0.5, 0.6) is 0 Å². The monoisotopic (exact) mass is 555 g/mol. The van der Waals surface area contributed by atoms with Gasteiger partial charge in [-0.2, -0.15) is 0 Å². The lowest BCUT2D eigenvalue weighted by Crippen LogP contribution is -2.13. The SMILES string of the molecule is O=c1[nH]c(=O)c2cc(-c3ccc(Br)s3)sc2c2sc(-c3ccc(Br)s3)cc12. The molecular weight excluding hydrogens is 550 g/mol. The Kier molecular flexibility index (Phi) is 4.49. The maximum Gasteiger partial charge on any atom is 0.259 e. The van der Waals surface area contributed by atoms with Crippen molar-refractivity contribution in [1.29, 1.82) is 0 Å². The van der Waals surface area contributed by atoms with Gasteiger partial charge in [0.15, 0.2) is 0 Å². The molecule has 0 bridgehead atoms. The number of thiophene rings is 4. The van der Waals surface area contributed by atoms with Crippen molar-refractivity contribution in [3.8, 4) is 19.5 Å². The number of rotatable bonds is 2. The van der Waals surface area contributed by atoms with E-state index >= 15 is 0 Å². The van der Waals surface area contributed by atoms with Crippen LogP contribution in [0.2, 0.25) is 0 Å². The second-order valence-electron chi connectivity index (χ2n) is 5.70. The molecule has 0 saturated heterocycles. The number of hydrogen-bond acceptors (Lipinski definition) is 6. The molecule has 134 valence electrons. The molecule has 3 nitrogen and oxygen atoms in total. The van der Waals surface area contributed by atoms with Gasteiger partial charge in [-0.25, -0.2) is 0 Å². The van der Waals surface area contributed by atoms with Crippen molar-refractivity contribution >= 4 is 97.4 Å². The van der Waals surface area contributed by atoms with Crippen LogP contribution in [0.25, 0.3) is 39.7 Å². The van der Waals surface area contributed by atoms with E-state index in [2.05, 4.69) is 36.8 Å². The first-order chi connectivity index (χ1) is 13.0. The number of aromatic amines is 1. The Labute approximate surface area is 185 Å². The van der Waals surface area contributed by atoms with E-state index in [4.69, 9.17) is 0 Å². The fourth-order valence-corrected chi connectivity index (χ4v) is 8.23. The van der Waals surface area contributed by atoms with Crippen molar-refractivity contribution in [3.63, 3.8) is 0 Å². The molecule has 5 heterocycles. The third-order valence-corrected chi connectivity index (χ3v) is 10.1. The molecule has 5 rings (SSSR count). The van der Waals surface area contributed by atoms with Gasteiger partial charge in [0, 0.05) is 19.5 Å². The molecule has 1 N–H and O–H groups in total. The van der Waals surface area contributed by atoms with Crippen molar-refractivity contribution in [2.45, 2.75) is 0 Å². The zero-order chi connectivity index (χ0) is 18.7. The maximum atomic E-state index is 12.6. The molecule has 0 aromatic carbocycles. The minimum absolute atomic E-state index is 0.336. The van der Waals surface area contributed by atoms with Gasteiger partial charge in [-0.05, 0) is 68.3 Å². The first-order valence-corrected chi connectivity index (χ1v) is 12.5. The van der Waals surface area contributed by atoms with Gasteiger partial charge in [-0.3, -0.25) is 14.6 Å². The summed E-state index contributed by atoms with van der Waals surface area (Å²) in [6.07, 6.45) is 0. The Morgan fingerprint density at radius 2 is 1.07 bits per heavy atom. The van der Waals surface area contributed by atoms with Crippen LogP contribution in [0, 0.1) is 0 Å². The summed E-state index contributed by atoms with van der Waals surface area (Å²) < 4.78 is 3.81. The predicted molar refractivity (Wildman–Crippen MR) is 126 cm³/mol. The summed E-state index contributed by atoms with van der Waals surface area (Å²) in [7, 11) is 0. The first-order valence-electron chi connectivity index (χ1n) is 7.65. The number of nitrogens with one attached hydrogen (secondary N) is 1. The van der Waals surface area contributed by atoms with E-state index in [0.717, 1.165) is 36.5 Å². The number of aromatic nitrogens is 1. The van der Waals surface area contributed by atoms with Crippen molar-refractivity contribution < 1.29 is 0 Å². The third-order valence-electron chi connectivity index (χ3n) is 4.02. The van der Waals surface area contributed by atoms with Gasteiger partial charge in [0.05, 0.1) is 27.7 Å². The summed E-state index contributed by atoms with van der Waals surface area (Å²) in [4.78, 5) is 31.9. The summed E-state index contributed by atoms with van der Waals surface area (Å²) in [6.45, 7) is 0. The molecule has 5 aromatic heterocycles. The lowest BCUT2D eigenvalue weighted by molar-refractivity contribution is 1.24. The van der Waals surface area contributed by atoms with Gasteiger partial charge in [-0.15, -0.1) is 45.3 Å². The molecule has 0 spiro atoms. The zero-order valence-corrected chi connectivity index (χ0v) is 19.6. The Balaban J connectivity index is 1.86. The van der Waals surface area contributed by atoms with Crippen molar-refractivity contribution in [2.24, 2.45) is 0 Å². The highest BCUT2D eigenvalue weighted by molar-refractivity contribution is 9.11. The molecule has 0 radical (unpaired) electrons. The molecule has 0 aliphatic rings. The van der Waals surface area contributed by atoms with E-state index in [1.54, 1.807) is 45.3 Å². The lowest BCUT2D eigenvalue weighted by Gasteiger charge is -1.88. The quantitative estimate of drug-likeness (QED) is 0.251. The van der Waals surface area contributed by atoms with Crippen LogP contribution >= 0.6 is 77.2 Å². The van der Waals surface area contributed by atoms with Crippen LogP contribution in [-0.2, 0) is 0 Å². The number of halogens is 2. The second-order valence-corrected chi connectivity index (χ2v) is 12.7.